The number of nitrogens with two attached hydrogens (primary N) is 1. The molecule has 1 rings (SSSR count). The Morgan fingerprint density at radius 3 is 1.82 bits per heavy atom. The van der Waals surface area contributed by atoms with Gasteiger partial charge in [-0.2, -0.15) is 0 Å². The third kappa shape index (κ3) is 11.4. The van der Waals surface area contributed by atoms with Gasteiger partial charge < -0.3 is 34.2 Å². The Balaban J connectivity index is 3.18. The van der Waals surface area contributed by atoms with Gasteiger partial charge in [-0.3, -0.25) is 9.59 Å². The Hall–Kier alpha value is -3.34. The summed E-state index contributed by atoms with van der Waals surface area (Å²) in [5.74, 6) is -1.23. The molecular formula is C27H41NO10. The Bertz CT molecular complexity index is 967. The van der Waals surface area contributed by atoms with Crippen molar-refractivity contribution in [2.45, 2.75) is 66.8 Å². The van der Waals surface area contributed by atoms with Gasteiger partial charge in [0.1, 0.15) is 5.54 Å². The molecule has 0 aromatic heterocycles. The molecular weight excluding hydrogens is 498 g/mol. The molecule has 0 amide bonds. The highest BCUT2D eigenvalue weighted by molar-refractivity contribution is 5.81. The molecule has 0 saturated heterocycles. The number of carbonyl (C=O) groups excluding carboxylic acids is 4. The van der Waals surface area contributed by atoms with Crippen LogP contribution in [-0.2, 0) is 35.0 Å². The Morgan fingerprint density at radius 2 is 1.34 bits per heavy atom. The van der Waals surface area contributed by atoms with E-state index in [1.54, 1.807) is 26.8 Å². The van der Waals surface area contributed by atoms with Gasteiger partial charge >= 0.3 is 24.2 Å². The molecule has 0 radical (unpaired) electrons. The second kappa shape index (κ2) is 14.6. The number of ether oxygens (including phenoxy) is 6. The van der Waals surface area contributed by atoms with Crippen molar-refractivity contribution in [3.05, 3.63) is 23.8 Å². The minimum atomic E-state index is -1.57. The summed E-state index contributed by atoms with van der Waals surface area (Å²) in [5.41, 5.74) is 4.56. The number of benzene rings is 1. The van der Waals surface area contributed by atoms with Crippen LogP contribution in [-0.4, -0.2) is 56.7 Å². The molecule has 214 valence electrons. The van der Waals surface area contributed by atoms with Crippen LogP contribution in [0.5, 0.6) is 11.5 Å². The second-order valence-electron chi connectivity index (χ2n) is 10.9. The largest absolute Gasteiger partial charge is 0.513 e. The molecule has 11 nitrogen and oxygen atoms in total. The average Bonchev–Trinajstić information content (AvgIpc) is 2.81. The van der Waals surface area contributed by atoms with E-state index in [4.69, 9.17) is 34.2 Å². The third-order valence-electron chi connectivity index (χ3n) is 4.97. The van der Waals surface area contributed by atoms with E-state index in [2.05, 4.69) is 0 Å². The van der Waals surface area contributed by atoms with E-state index in [0.717, 1.165) is 0 Å². The Morgan fingerprint density at radius 1 is 0.816 bits per heavy atom. The summed E-state index contributed by atoms with van der Waals surface area (Å²) in [4.78, 5) is 49.1. The maximum atomic E-state index is 12.6. The van der Waals surface area contributed by atoms with Gasteiger partial charge in [0.15, 0.2) is 11.5 Å². The molecule has 1 aromatic rings. The van der Waals surface area contributed by atoms with Crippen molar-refractivity contribution < 1.29 is 47.6 Å². The zero-order valence-electron chi connectivity index (χ0n) is 23.6. The first kappa shape index (κ1) is 32.7. The lowest BCUT2D eigenvalue weighted by Gasteiger charge is -2.27. The molecule has 0 unspecified atom stereocenters. The predicted octanol–water partition coefficient (Wildman–Crippen LogP) is 4.42. The van der Waals surface area contributed by atoms with Crippen molar-refractivity contribution >= 4 is 24.2 Å². The molecule has 0 fully saturated rings. The molecule has 0 aliphatic carbocycles. The Labute approximate surface area is 224 Å². The molecule has 2 N–H and O–H groups in total. The molecule has 38 heavy (non-hydrogen) atoms. The molecule has 0 spiro atoms. The van der Waals surface area contributed by atoms with E-state index in [9.17, 15) is 19.2 Å². The minimum Gasteiger partial charge on any atom is -0.468 e. The summed E-state index contributed by atoms with van der Waals surface area (Å²) in [5, 5.41) is 0. The molecule has 1 aromatic carbocycles. The van der Waals surface area contributed by atoms with Gasteiger partial charge in [0.05, 0.1) is 32.3 Å². The van der Waals surface area contributed by atoms with E-state index in [0.29, 0.717) is 5.56 Å². The third-order valence-corrected chi connectivity index (χ3v) is 4.97. The highest BCUT2D eigenvalue weighted by atomic mass is 16.7. The van der Waals surface area contributed by atoms with E-state index in [-0.39, 0.29) is 56.0 Å². The van der Waals surface area contributed by atoms with Crippen LogP contribution in [0.4, 0.5) is 9.59 Å². The fourth-order valence-corrected chi connectivity index (χ4v) is 2.91. The van der Waals surface area contributed by atoms with Gasteiger partial charge in [-0.15, -0.1) is 0 Å². The quantitative estimate of drug-likeness (QED) is 0.228. The zero-order valence-corrected chi connectivity index (χ0v) is 23.6. The fourth-order valence-electron chi connectivity index (χ4n) is 2.91. The van der Waals surface area contributed by atoms with Gasteiger partial charge in [0.25, 0.3) is 0 Å². The van der Waals surface area contributed by atoms with Gasteiger partial charge in [-0.1, -0.05) is 33.8 Å². The van der Waals surface area contributed by atoms with E-state index in [1.165, 1.54) is 19.2 Å². The number of carbonyl (C=O) groups is 4. The van der Waals surface area contributed by atoms with Crippen molar-refractivity contribution in [3.8, 4) is 11.5 Å². The van der Waals surface area contributed by atoms with Crippen molar-refractivity contribution in [2.24, 2.45) is 23.0 Å². The maximum absolute atomic E-state index is 12.6. The van der Waals surface area contributed by atoms with Crippen LogP contribution in [0.15, 0.2) is 18.2 Å². The van der Waals surface area contributed by atoms with Crippen LogP contribution >= 0.6 is 0 Å². The molecule has 0 saturated carbocycles. The first-order valence-corrected chi connectivity index (χ1v) is 12.4. The maximum Gasteiger partial charge on any atom is 0.513 e. The first-order valence-electron chi connectivity index (χ1n) is 12.4. The normalized spacial score (nSPS) is 12.9. The summed E-state index contributed by atoms with van der Waals surface area (Å²) in [6.45, 7) is 12.7. The van der Waals surface area contributed by atoms with Gasteiger partial charge in [-0.05, 0) is 50.3 Å². The number of hydrogen-bond donors (Lipinski definition) is 1. The van der Waals surface area contributed by atoms with Crippen molar-refractivity contribution in [1.29, 1.82) is 0 Å². The fraction of sp³-hybridized carbons (Fsp3) is 0.630. The summed E-state index contributed by atoms with van der Waals surface area (Å²) in [6, 6.07) is 4.32. The Kier molecular flexibility index (Phi) is 12.5. The van der Waals surface area contributed by atoms with Crippen LogP contribution in [0.2, 0.25) is 0 Å². The van der Waals surface area contributed by atoms with E-state index >= 15 is 0 Å². The van der Waals surface area contributed by atoms with Crippen LogP contribution < -0.4 is 15.2 Å². The van der Waals surface area contributed by atoms with Gasteiger partial charge in [-0.25, -0.2) is 9.59 Å². The summed E-state index contributed by atoms with van der Waals surface area (Å²) in [6.07, 6.45) is -2.08. The minimum absolute atomic E-state index is 0.0338. The number of methoxy groups -OCH3 is 1. The van der Waals surface area contributed by atoms with Gasteiger partial charge in [0.2, 0.25) is 0 Å². The summed E-state index contributed by atoms with van der Waals surface area (Å²) >= 11 is 0. The highest BCUT2D eigenvalue weighted by Gasteiger charge is 2.36. The van der Waals surface area contributed by atoms with E-state index in [1.807, 2.05) is 27.7 Å². The molecule has 0 heterocycles. The second-order valence-corrected chi connectivity index (χ2v) is 10.9. The van der Waals surface area contributed by atoms with Crippen molar-refractivity contribution in [2.75, 3.05) is 26.9 Å². The molecule has 0 aliphatic heterocycles. The lowest BCUT2D eigenvalue weighted by atomic mass is 9.88. The van der Waals surface area contributed by atoms with Crippen LogP contribution in [0.3, 0.4) is 0 Å². The summed E-state index contributed by atoms with van der Waals surface area (Å²) < 4.78 is 30.8. The lowest BCUT2D eigenvalue weighted by molar-refractivity contribution is -0.156. The van der Waals surface area contributed by atoms with Crippen molar-refractivity contribution in [1.82, 2.24) is 0 Å². The monoisotopic (exact) mass is 539 g/mol. The first-order chi connectivity index (χ1) is 17.6. The number of hydrogen-bond acceptors (Lipinski definition) is 11. The van der Waals surface area contributed by atoms with Crippen LogP contribution in [0.1, 0.15) is 60.5 Å². The summed E-state index contributed by atoms with van der Waals surface area (Å²) in [7, 11) is 1.20. The zero-order chi connectivity index (χ0) is 29.1. The van der Waals surface area contributed by atoms with Crippen LogP contribution in [0, 0.1) is 17.3 Å². The smallest absolute Gasteiger partial charge is 0.468 e. The van der Waals surface area contributed by atoms with Crippen LogP contribution in [0.25, 0.3) is 0 Å². The predicted molar refractivity (Wildman–Crippen MR) is 138 cm³/mol. The average molecular weight is 540 g/mol. The SMILES string of the molecule is COC(=O)[C@@](N)(CCOC(=O)C(C)(C)C)Cc1ccc(OC(=O)OCC(C)C)c(OC(=O)OCC(C)C)c1. The topological polar surface area (TPSA) is 150 Å². The number of rotatable bonds is 12. The molecule has 1 atom stereocenters. The molecule has 0 bridgehead atoms. The van der Waals surface area contributed by atoms with Crippen molar-refractivity contribution in [3.63, 3.8) is 0 Å². The highest BCUT2D eigenvalue weighted by Crippen LogP contribution is 2.31. The molecule has 0 aliphatic rings. The van der Waals surface area contributed by atoms with E-state index < -0.39 is 35.2 Å². The van der Waals surface area contributed by atoms with Gasteiger partial charge in [0, 0.05) is 12.8 Å². The standard InChI is InChI=1S/C27H41NO10/c1-17(2)15-35-24(31)37-20-10-9-19(13-21(20)38-25(32)36-16-18(3)4)14-27(28,23(30)33-8)11-12-34-22(29)26(5,6)7/h9-10,13,17-18H,11-12,14-16,28H2,1-8H3/t27-/m1/s1. The lowest BCUT2D eigenvalue weighted by Crippen LogP contribution is -2.51. The molecule has 11 heteroatoms. The number of esters is 2.